The minimum absolute atomic E-state index is 0.218. The Kier molecular flexibility index (Phi) is 3.19. The summed E-state index contributed by atoms with van der Waals surface area (Å²) in [6.45, 7) is 0.762. The summed E-state index contributed by atoms with van der Waals surface area (Å²) in [5, 5.41) is 0.485. The van der Waals surface area contributed by atoms with E-state index in [4.69, 9.17) is 27.9 Å². The van der Waals surface area contributed by atoms with Crippen molar-refractivity contribution < 1.29 is 4.74 Å². The molecule has 0 saturated carbocycles. The Morgan fingerprint density at radius 2 is 1.94 bits per heavy atom. The topological polar surface area (TPSA) is 9.23 Å². The summed E-state index contributed by atoms with van der Waals surface area (Å²) < 4.78 is 5.49. The molecule has 2 aromatic rings. The van der Waals surface area contributed by atoms with Gasteiger partial charge in [0.1, 0.15) is 5.75 Å². The van der Waals surface area contributed by atoms with Crippen molar-refractivity contribution in [3.8, 4) is 5.75 Å². The van der Waals surface area contributed by atoms with Crippen molar-refractivity contribution in [3.63, 3.8) is 0 Å². The molecule has 18 heavy (non-hydrogen) atoms. The second kappa shape index (κ2) is 4.83. The highest BCUT2D eigenvalue weighted by molar-refractivity contribution is 6.33. The summed E-state index contributed by atoms with van der Waals surface area (Å²) in [6.07, 6.45) is 0.954. The SMILES string of the molecule is Clc1ccccc1C(Cl)c1ccc2c(c1)CCO2. The first kappa shape index (κ1) is 11.9. The van der Waals surface area contributed by atoms with E-state index in [1.807, 2.05) is 36.4 Å². The maximum Gasteiger partial charge on any atom is 0.122 e. The van der Waals surface area contributed by atoms with Crippen molar-refractivity contribution >= 4 is 23.2 Å². The van der Waals surface area contributed by atoms with E-state index in [1.54, 1.807) is 0 Å². The normalized spacial score (nSPS) is 15.0. The van der Waals surface area contributed by atoms with Crippen molar-refractivity contribution in [1.29, 1.82) is 0 Å². The third-order valence-electron chi connectivity index (χ3n) is 3.18. The van der Waals surface area contributed by atoms with Gasteiger partial charge < -0.3 is 4.74 Å². The average molecular weight is 279 g/mol. The Morgan fingerprint density at radius 1 is 1.11 bits per heavy atom. The van der Waals surface area contributed by atoms with Crippen LogP contribution in [0.1, 0.15) is 22.1 Å². The zero-order chi connectivity index (χ0) is 12.5. The van der Waals surface area contributed by atoms with E-state index < -0.39 is 0 Å². The molecule has 0 fully saturated rings. The zero-order valence-electron chi connectivity index (χ0n) is 9.70. The van der Waals surface area contributed by atoms with Gasteiger partial charge in [0.05, 0.1) is 12.0 Å². The standard InChI is InChI=1S/C15H12Cl2O/c16-13-4-2-1-3-12(13)15(17)11-5-6-14-10(9-11)7-8-18-14/h1-6,9,15H,7-8H2. The molecule has 1 heterocycles. The molecule has 1 aliphatic heterocycles. The number of hydrogen-bond donors (Lipinski definition) is 0. The van der Waals surface area contributed by atoms with Crippen LogP contribution in [-0.4, -0.2) is 6.61 Å². The number of rotatable bonds is 2. The van der Waals surface area contributed by atoms with Gasteiger partial charge in [0.25, 0.3) is 0 Å². The number of fused-ring (bicyclic) bond motifs is 1. The van der Waals surface area contributed by atoms with Gasteiger partial charge in [-0.05, 0) is 28.8 Å². The quantitative estimate of drug-likeness (QED) is 0.730. The Labute approximate surface area is 116 Å². The predicted molar refractivity (Wildman–Crippen MR) is 74.8 cm³/mol. The van der Waals surface area contributed by atoms with Crippen molar-refractivity contribution in [2.45, 2.75) is 11.8 Å². The third kappa shape index (κ3) is 2.09. The number of ether oxygens (including phenoxy) is 1. The van der Waals surface area contributed by atoms with E-state index in [1.165, 1.54) is 5.56 Å². The number of hydrogen-bond acceptors (Lipinski definition) is 1. The van der Waals surface area contributed by atoms with Crippen LogP contribution in [0.4, 0.5) is 0 Å². The second-order valence-corrected chi connectivity index (χ2v) is 5.19. The van der Waals surface area contributed by atoms with E-state index in [9.17, 15) is 0 Å². The summed E-state index contributed by atoms with van der Waals surface area (Å²) in [7, 11) is 0. The van der Waals surface area contributed by atoms with Gasteiger partial charge in [0.15, 0.2) is 0 Å². The molecule has 0 aliphatic carbocycles. The fourth-order valence-corrected chi connectivity index (χ4v) is 2.85. The van der Waals surface area contributed by atoms with Crippen LogP contribution >= 0.6 is 23.2 Å². The third-order valence-corrected chi connectivity index (χ3v) is 4.02. The predicted octanol–water partition coefficient (Wildman–Crippen LogP) is 4.60. The summed E-state index contributed by atoms with van der Waals surface area (Å²) in [5.74, 6) is 0.974. The van der Waals surface area contributed by atoms with Gasteiger partial charge in [0.2, 0.25) is 0 Å². The van der Waals surface area contributed by atoms with E-state index in [2.05, 4.69) is 6.07 Å². The van der Waals surface area contributed by atoms with Gasteiger partial charge in [-0.15, -0.1) is 11.6 Å². The van der Waals surface area contributed by atoms with Gasteiger partial charge in [-0.2, -0.15) is 0 Å². The summed E-state index contributed by atoms with van der Waals surface area (Å²) in [6, 6.07) is 13.8. The highest BCUT2D eigenvalue weighted by atomic mass is 35.5. The minimum Gasteiger partial charge on any atom is -0.493 e. The molecule has 3 rings (SSSR count). The van der Waals surface area contributed by atoms with E-state index >= 15 is 0 Å². The number of benzene rings is 2. The van der Waals surface area contributed by atoms with Crippen LogP contribution in [-0.2, 0) is 6.42 Å². The first-order valence-electron chi connectivity index (χ1n) is 5.90. The fourth-order valence-electron chi connectivity index (χ4n) is 2.22. The van der Waals surface area contributed by atoms with Crippen LogP contribution in [0.2, 0.25) is 5.02 Å². The Morgan fingerprint density at radius 3 is 2.78 bits per heavy atom. The number of alkyl halides is 1. The highest BCUT2D eigenvalue weighted by Crippen LogP contribution is 2.36. The molecule has 1 atom stereocenters. The Balaban J connectivity index is 1.98. The highest BCUT2D eigenvalue weighted by Gasteiger charge is 2.18. The molecule has 0 spiro atoms. The molecule has 0 N–H and O–H groups in total. The first-order valence-corrected chi connectivity index (χ1v) is 6.71. The Bertz CT molecular complexity index is 580. The maximum atomic E-state index is 6.51. The second-order valence-electron chi connectivity index (χ2n) is 4.35. The van der Waals surface area contributed by atoms with E-state index in [0.717, 1.165) is 29.9 Å². The van der Waals surface area contributed by atoms with Gasteiger partial charge in [-0.3, -0.25) is 0 Å². The van der Waals surface area contributed by atoms with E-state index in [0.29, 0.717) is 5.02 Å². The van der Waals surface area contributed by atoms with Crippen LogP contribution in [0.15, 0.2) is 42.5 Å². The molecule has 92 valence electrons. The lowest BCUT2D eigenvalue weighted by atomic mass is 10.0. The van der Waals surface area contributed by atoms with Crippen molar-refractivity contribution in [3.05, 3.63) is 64.2 Å². The van der Waals surface area contributed by atoms with Gasteiger partial charge in [-0.1, -0.05) is 41.9 Å². The fraction of sp³-hybridized carbons (Fsp3) is 0.200. The molecule has 0 bridgehead atoms. The van der Waals surface area contributed by atoms with Gasteiger partial charge in [-0.25, -0.2) is 0 Å². The molecular formula is C15H12Cl2O. The molecule has 0 aromatic heterocycles. The van der Waals surface area contributed by atoms with Crippen LogP contribution in [0.3, 0.4) is 0 Å². The van der Waals surface area contributed by atoms with Gasteiger partial charge >= 0.3 is 0 Å². The molecular weight excluding hydrogens is 267 g/mol. The number of halogens is 2. The van der Waals surface area contributed by atoms with Crippen LogP contribution in [0.25, 0.3) is 0 Å². The van der Waals surface area contributed by atoms with Crippen molar-refractivity contribution in [2.75, 3.05) is 6.61 Å². The van der Waals surface area contributed by atoms with Crippen molar-refractivity contribution in [1.82, 2.24) is 0 Å². The minimum atomic E-state index is -0.218. The van der Waals surface area contributed by atoms with Crippen LogP contribution in [0, 0.1) is 0 Å². The Hall–Kier alpha value is -1.18. The summed E-state index contributed by atoms with van der Waals surface area (Å²) in [5.41, 5.74) is 3.24. The molecule has 1 aliphatic rings. The molecule has 0 amide bonds. The molecule has 0 saturated heterocycles. The van der Waals surface area contributed by atoms with Gasteiger partial charge in [0, 0.05) is 11.4 Å². The molecule has 3 heteroatoms. The molecule has 2 aromatic carbocycles. The van der Waals surface area contributed by atoms with Crippen LogP contribution < -0.4 is 4.74 Å². The monoisotopic (exact) mass is 278 g/mol. The lowest BCUT2D eigenvalue weighted by molar-refractivity contribution is 0.357. The first-order chi connectivity index (χ1) is 8.75. The summed E-state index contributed by atoms with van der Waals surface area (Å²) >= 11 is 12.7. The largest absolute Gasteiger partial charge is 0.493 e. The van der Waals surface area contributed by atoms with Crippen molar-refractivity contribution in [2.24, 2.45) is 0 Å². The molecule has 0 radical (unpaired) electrons. The lowest BCUT2D eigenvalue weighted by Gasteiger charge is -2.13. The average Bonchev–Trinajstić information content (AvgIpc) is 2.85. The van der Waals surface area contributed by atoms with E-state index in [-0.39, 0.29) is 5.38 Å². The maximum absolute atomic E-state index is 6.51. The molecule has 1 unspecified atom stereocenters. The lowest BCUT2D eigenvalue weighted by Crippen LogP contribution is -1.95. The smallest absolute Gasteiger partial charge is 0.122 e. The summed E-state index contributed by atoms with van der Waals surface area (Å²) in [4.78, 5) is 0. The zero-order valence-corrected chi connectivity index (χ0v) is 11.2. The van der Waals surface area contributed by atoms with Crippen LogP contribution in [0.5, 0.6) is 5.75 Å². The molecule has 1 nitrogen and oxygen atoms in total.